The maximum atomic E-state index is 12.1. The van der Waals surface area contributed by atoms with Gasteiger partial charge in [0.1, 0.15) is 5.75 Å². The highest BCUT2D eigenvalue weighted by atomic mass is 32.2. The molecule has 0 spiro atoms. The first-order chi connectivity index (χ1) is 8.00. The SMILES string of the molecule is O=S(=O)(C1=CCC(O)C=C1)c1ccc(O)cc1. The van der Waals surface area contributed by atoms with E-state index in [-0.39, 0.29) is 15.6 Å². The number of phenols is 1. The number of sulfone groups is 1. The number of benzene rings is 1. The first-order valence-corrected chi connectivity index (χ1v) is 6.59. The molecule has 1 aliphatic carbocycles. The van der Waals surface area contributed by atoms with Crippen molar-refractivity contribution in [2.24, 2.45) is 0 Å². The Labute approximate surface area is 99.4 Å². The van der Waals surface area contributed by atoms with Crippen molar-refractivity contribution < 1.29 is 18.6 Å². The van der Waals surface area contributed by atoms with E-state index in [9.17, 15) is 13.5 Å². The van der Waals surface area contributed by atoms with Crippen LogP contribution in [0.25, 0.3) is 0 Å². The van der Waals surface area contributed by atoms with E-state index in [1.165, 1.54) is 42.5 Å². The van der Waals surface area contributed by atoms with Crippen LogP contribution in [0.2, 0.25) is 0 Å². The van der Waals surface area contributed by atoms with E-state index in [0.717, 1.165) is 0 Å². The van der Waals surface area contributed by atoms with Crippen molar-refractivity contribution in [1.29, 1.82) is 0 Å². The van der Waals surface area contributed by atoms with Crippen molar-refractivity contribution in [1.82, 2.24) is 0 Å². The molecular weight excluding hydrogens is 240 g/mol. The first kappa shape index (κ1) is 11.9. The average molecular weight is 252 g/mol. The Kier molecular flexibility index (Phi) is 3.04. The molecule has 0 aliphatic heterocycles. The highest BCUT2D eigenvalue weighted by Gasteiger charge is 2.20. The fourth-order valence-electron chi connectivity index (χ4n) is 1.55. The van der Waals surface area contributed by atoms with E-state index in [0.29, 0.717) is 6.42 Å². The van der Waals surface area contributed by atoms with Crippen LogP contribution in [0, 0.1) is 0 Å². The van der Waals surface area contributed by atoms with Crippen molar-refractivity contribution in [2.75, 3.05) is 0 Å². The van der Waals surface area contributed by atoms with Crippen LogP contribution in [0.15, 0.2) is 52.3 Å². The smallest absolute Gasteiger partial charge is 0.206 e. The number of hydrogen-bond acceptors (Lipinski definition) is 4. The third kappa shape index (κ3) is 2.40. The summed E-state index contributed by atoms with van der Waals surface area (Å²) in [5.41, 5.74) is 0. The van der Waals surface area contributed by atoms with Crippen LogP contribution >= 0.6 is 0 Å². The molecule has 4 nitrogen and oxygen atoms in total. The molecule has 1 aromatic rings. The van der Waals surface area contributed by atoms with Gasteiger partial charge in [-0.25, -0.2) is 8.42 Å². The minimum atomic E-state index is -3.55. The van der Waals surface area contributed by atoms with E-state index in [4.69, 9.17) is 5.11 Å². The minimum absolute atomic E-state index is 0.0209. The standard InChI is InChI=1S/C12H12O4S/c13-9-1-5-11(6-2-9)17(15,16)12-7-3-10(14)4-8-12/h1-3,5-8,10,13-14H,4H2. The van der Waals surface area contributed by atoms with Gasteiger partial charge in [-0.3, -0.25) is 0 Å². The fourth-order valence-corrected chi connectivity index (χ4v) is 2.89. The molecule has 0 amide bonds. The lowest BCUT2D eigenvalue weighted by Gasteiger charge is -2.11. The summed E-state index contributed by atoms with van der Waals surface area (Å²) in [7, 11) is -3.55. The molecule has 1 aliphatic rings. The molecule has 0 radical (unpaired) electrons. The van der Waals surface area contributed by atoms with Crippen molar-refractivity contribution >= 4 is 9.84 Å². The fraction of sp³-hybridized carbons (Fsp3) is 0.167. The van der Waals surface area contributed by atoms with Crippen molar-refractivity contribution in [3.05, 3.63) is 47.4 Å². The molecule has 0 aromatic heterocycles. The monoisotopic (exact) mass is 252 g/mol. The predicted molar refractivity (Wildman–Crippen MR) is 63.1 cm³/mol. The lowest BCUT2D eigenvalue weighted by molar-refractivity contribution is 0.225. The summed E-state index contributed by atoms with van der Waals surface area (Å²) in [6, 6.07) is 5.36. The summed E-state index contributed by atoms with van der Waals surface area (Å²) in [4.78, 5) is 0.302. The lowest BCUT2D eigenvalue weighted by Crippen LogP contribution is -2.10. The Morgan fingerprint density at radius 1 is 1.18 bits per heavy atom. The van der Waals surface area contributed by atoms with Crippen LogP contribution < -0.4 is 0 Å². The van der Waals surface area contributed by atoms with Crippen molar-refractivity contribution in [3.63, 3.8) is 0 Å². The van der Waals surface area contributed by atoms with Gasteiger partial charge in [0.05, 0.1) is 15.9 Å². The quantitative estimate of drug-likeness (QED) is 0.833. The Bertz CT molecular complexity index is 567. The zero-order valence-corrected chi connectivity index (χ0v) is 9.76. The number of aliphatic hydroxyl groups is 1. The van der Waals surface area contributed by atoms with E-state index < -0.39 is 15.9 Å². The molecular formula is C12H12O4S. The zero-order chi connectivity index (χ0) is 12.5. The van der Waals surface area contributed by atoms with Gasteiger partial charge in [-0.2, -0.15) is 0 Å². The number of phenolic OH excluding ortho intramolecular Hbond substituents is 1. The molecule has 5 heteroatoms. The van der Waals surface area contributed by atoms with E-state index in [2.05, 4.69) is 0 Å². The van der Waals surface area contributed by atoms with Gasteiger partial charge in [-0.15, -0.1) is 0 Å². The first-order valence-electron chi connectivity index (χ1n) is 5.11. The number of allylic oxidation sites excluding steroid dienone is 1. The zero-order valence-electron chi connectivity index (χ0n) is 8.95. The summed E-state index contributed by atoms with van der Waals surface area (Å²) in [5, 5.41) is 18.4. The molecule has 1 aromatic carbocycles. The Morgan fingerprint density at radius 3 is 2.35 bits per heavy atom. The second-order valence-corrected chi connectivity index (χ2v) is 5.72. The summed E-state index contributed by atoms with van der Waals surface area (Å²) >= 11 is 0. The molecule has 0 saturated carbocycles. The number of aliphatic hydroxyl groups excluding tert-OH is 1. The van der Waals surface area contributed by atoms with Crippen LogP contribution in [0.4, 0.5) is 0 Å². The Morgan fingerprint density at radius 2 is 1.82 bits per heavy atom. The van der Waals surface area contributed by atoms with Crippen LogP contribution in [0.3, 0.4) is 0 Å². The molecule has 17 heavy (non-hydrogen) atoms. The van der Waals surface area contributed by atoms with Gasteiger partial charge in [0, 0.05) is 0 Å². The van der Waals surface area contributed by atoms with Crippen LogP contribution in [-0.4, -0.2) is 24.7 Å². The Hall–Kier alpha value is -1.59. The minimum Gasteiger partial charge on any atom is -0.508 e. The van der Waals surface area contributed by atoms with Crippen molar-refractivity contribution in [3.8, 4) is 5.75 Å². The van der Waals surface area contributed by atoms with Crippen LogP contribution in [-0.2, 0) is 9.84 Å². The number of hydrogen-bond donors (Lipinski definition) is 2. The lowest BCUT2D eigenvalue weighted by atomic mass is 10.1. The third-order valence-corrected chi connectivity index (χ3v) is 4.32. The molecule has 0 bridgehead atoms. The number of rotatable bonds is 2. The molecule has 90 valence electrons. The van der Waals surface area contributed by atoms with Gasteiger partial charge in [0.2, 0.25) is 9.84 Å². The van der Waals surface area contributed by atoms with E-state index in [1.807, 2.05) is 0 Å². The second-order valence-electron chi connectivity index (χ2n) is 3.77. The van der Waals surface area contributed by atoms with Gasteiger partial charge in [-0.05, 0) is 36.8 Å². The summed E-state index contributed by atoms with van der Waals surface area (Å²) in [5.74, 6) is 0.0209. The molecule has 1 unspecified atom stereocenters. The maximum Gasteiger partial charge on any atom is 0.206 e. The molecule has 0 heterocycles. The summed E-state index contributed by atoms with van der Waals surface area (Å²) < 4.78 is 24.2. The highest BCUT2D eigenvalue weighted by Crippen LogP contribution is 2.25. The van der Waals surface area contributed by atoms with Crippen molar-refractivity contribution in [2.45, 2.75) is 17.4 Å². The number of aromatic hydroxyl groups is 1. The van der Waals surface area contributed by atoms with E-state index >= 15 is 0 Å². The van der Waals surface area contributed by atoms with Crippen LogP contribution in [0.1, 0.15) is 6.42 Å². The van der Waals surface area contributed by atoms with Gasteiger partial charge < -0.3 is 10.2 Å². The Balaban J connectivity index is 2.38. The summed E-state index contributed by atoms with van der Waals surface area (Å²) in [6.07, 6.45) is 4.02. The maximum absolute atomic E-state index is 12.1. The molecule has 0 fully saturated rings. The average Bonchev–Trinajstić information content (AvgIpc) is 2.30. The molecule has 0 saturated heterocycles. The molecule has 2 rings (SSSR count). The second kappa shape index (κ2) is 4.35. The van der Waals surface area contributed by atoms with Crippen LogP contribution in [0.5, 0.6) is 5.75 Å². The van der Waals surface area contributed by atoms with Gasteiger partial charge in [-0.1, -0.05) is 12.2 Å². The summed E-state index contributed by atoms with van der Waals surface area (Å²) in [6.45, 7) is 0. The largest absolute Gasteiger partial charge is 0.508 e. The topological polar surface area (TPSA) is 74.6 Å². The van der Waals surface area contributed by atoms with Gasteiger partial charge >= 0.3 is 0 Å². The predicted octanol–water partition coefficient (Wildman–Crippen LogP) is 1.37. The molecule has 1 atom stereocenters. The molecule has 2 N–H and O–H groups in total. The normalized spacial score (nSPS) is 20.1. The van der Waals surface area contributed by atoms with E-state index in [1.54, 1.807) is 0 Å². The van der Waals surface area contributed by atoms with Gasteiger partial charge in [0.15, 0.2) is 0 Å². The highest BCUT2D eigenvalue weighted by molar-refractivity contribution is 7.95. The van der Waals surface area contributed by atoms with Gasteiger partial charge in [0.25, 0.3) is 0 Å². The third-order valence-electron chi connectivity index (χ3n) is 2.50.